The van der Waals surface area contributed by atoms with Crippen LogP contribution in [0.2, 0.25) is 10.0 Å². The Kier molecular flexibility index (Phi) is 4.90. The van der Waals surface area contributed by atoms with Crippen molar-refractivity contribution in [2.45, 2.75) is 18.2 Å². The Hall–Kier alpha value is -0.250. The maximum atomic E-state index is 11.5. The van der Waals surface area contributed by atoms with E-state index in [4.69, 9.17) is 23.2 Å². The summed E-state index contributed by atoms with van der Waals surface area (Å²) in [6.07, 6.45) is 0.729. The van der Waals surface area contributed by atoms with Gasteiger partial charge in [0.15, 0.2) is 0 Å². The number of anilines is 1. The van der Waals surface area contributed by atoms with Crippen molar-refractivity contribution >= 4 is 50.7 Å². The Balaban J connectivity index is 2.73. The number of carbonyl (C=O) groups is 1. The van der Waals surface area contributed by atoms with Gasteiger partial charge in [0, 0.05) is 5.69 Å². The van der Waals surface area contributed by atoms with Gasteiger partial charge in [-0.15, -0.1) is 0 Å². The van der Waals surface area contributed by atoms with E-state index < -0.39 is 0 Å². The van der Waals surface area contributed by atoms with Crippen LogP contribution in [-0.4, -0.2) is 10.7 Å². The van der Waals surface area contributed by atoms with Crippen LogP contribution in [0, 0.1) is 0 Å². The van der Waals surface area contributed by atoms with Crippen LogP contribution in [0.1, 0.15) is 13.3 Å². The van der Waals surface area contributed by atoms with Crippen LogP contribution in [0.5, 0.6) is 0 Å². The number of rotatable bonds is 3. The first-order valence-corrected chi connectivity index (χ1v) is 6.11. The molecule has 0 aromatic heterocycles. The Bertz CT molecular complexity index is 370. The lowest BCUT2D eigenvalue weighted by atomic mass is 10.3. The summed E-state index contributed by atoms with van der Waals surface area (Å²) in [5.41, 5.74) is 0.646. The molecule has 1 aromatic carbocycles. The van der Waals surface area contributed by atoms with Gasteiger partial charge in [0.1, 0.15) is 0 Å². The Morgan fingerprint density at radius 1 is 1.47 bits per heavy atom. The summed E-state index contributed by atoms with van der Waals surface area (Å²) in [6, 6.07) is 4.98. The molecule has 0 aliphatic heterocycles. The first-order valence-electron chi connectivity index (χ1n) is 4.44. The van der Waals surface area contributed by atoms with Crippen LogP contribution in [0.4, 0.5) is 5.69 Å². The van der Waals surface area contributed by atoms with Gasteiger partial charge in [-0.1, -0.05) is 46.1 Å². The van der Waals surface area contributed by atoms with E-state index in [2.05, 4.69) is 21.2 Å². The lowest BCUT2D eigenvalue weighted by Gasteiger charge is -2.09. The van der Waals surface area contributed by atoms with Crippen LogP contribution >= 0.6 is 39.1 Å². The molecule has 0 saturated carbocycles. The van der Waals surface area contributed by atoms with Crippen LogP contribution in [0.15, 0.2) is 18.2 Å². The molecule has 15 heavy (non-hydrogen) atoms. The number of halogens is 3. The SMILES string of the molecule is CC[C@H](Br)C(=O)Nc1ccc(Cl)c(Cl)c1. The highest BCUT2D eigenvalue weighted by atomic mass is 79.9. The number of hydrogen-bond donors (Lipinski definition) is 1. The monoisotopic (exact) mass is 309 g/mol. The van der Waals surface area contributed by atoms with Gasteiger partial charge in [0.2, 0.25) is 5.91 Å². The Labute approximate surface area is 107 Å². The van der Waals surface area contributed by atoms with E-state index >= 15 is 0 Å². The molecule has 0 bridgehead atoms. The summed E-state index contributed by atoms with van der Waals surface area (Å²) in [5.74, 6) is -0.0871. The lowest BCUT2D eigenvalue weighted by molar-refractivity contribution is -0.115. The Morgan fingerprint density at radius 3 is 2.67 bits per heavy atom. The zero-order valence-corrected chi connectivity index (χ0v) is 11.2. The maximum absolute atomic E-state index is 11.5. The van der Waals surface area contributed by atoms with E-state index in [0.29, 0.717) is 15.7 Å². The number of benzene rings is 1. The average Bonchev–Trinajstić information content (AvgIpc) is 2.22. The summed E-state index contributed by atoms with van der Waals surface area (Å²) in [4.78, 5) is 11.3. The van der Waals surface area contributed by atoms with Crippen molar-refractivity contribution in [3.63, 3.8) is 0 Å². The molecule has 0 unspecified atom stereocenters. The van der Waals surface area contributed by atoms with E-state index in [1.807, 2.05) is 6.92 Å². The highest BCUT2D eigenvalue weighted by molar-refractivity contribution is 9.10. The molecule has 0 aliphatic rings. The fourth-order valence-corrected chi connectivity index (χ4v) is 1.39. The van der Waals surface area contributed by atoms with E-state index in [1.165, 1.54) is 0 Å². The summed E-state index contributed by atoms with van der Waals surface area (Å²) >= 11 is 14.8. The van der Waals surface area contributed by atoms with E-state index in [1.54, 1.807) is 18.2 Å². The standard InChI is InChI=1S/C10H10BrCl2NO/c1-2-7(11)10(15)14-6-3-4-8(12)9(13)5-6/h3-5,7H,2H2,1H3,(H,14,15)/t7-/m0/s1. The molecule has 1 amide bonds. The molecule has 0 fully saturated rings. The molecule has 0 heterocycles. The minimum Gasteiger partial charge on any atom is -0.325 e. The van der Waals surface area contributed by atoms with E-state index in [0.717, 1.165) is 6.42 Å². The summed E-state index contributed by atoms with van der Waals surface area (Å²) < 4.78 is 0. The molecule has 1 aromatic rings. The van der Waals surface area contributed by atoms with Gasteiger partial charge >= 0.3 is 0 Å². The third-order valence-electron chi connectivity index (χ3n) is 1.83. The third-order valence-corrected chi connectivity index (χ3v) is 3.63. The number of alkyl halides is 1. The fourth-order valence-electron chi connectivity index (χ4n) is 0.980. The van der Waals surface area contributed by atoms with E-state index in [-0.39, 0.29) is 10.7 Å². The largest absolute Gasteiger partial charge is 0.325 e. The predicted molar refractivity (Wildman–Crippen MR) is 68.1 cm³/mol. The average molecular weight is 311 g/mol. The van der Waals surface area contributed by atoms with Crippen LogP contribution in [0.3, 0.4) is 0 Å². The topological polar surface area (TPSA) is 29.1 Å². The van der Waals surface area contributed by atoms with Crippen molar-refractivity contribution in [3.8, 4) is 0 Å². The number of amides is 1. The van der Waals surface area contributed by atoms with Crippen molar-refractivity contribution in [3.05, 3.63) is 28.2 Å². The van der Waals surface area contributed by atoms with Gasteiger partial charge in [0.05, 0.1) is 14.9 Å². The quantitative estimate of drug-likeness (QED) is 0.837. The van der Waals surface area contributed by atoms with Gasteiger partial charge in [-0.05, 0) is 24.6 Å². The first kappa shape index (κ1) is 12.8. The van der Waals surface area contributed by atoms with Crippen molar-refractivity contribution in [2.75, 3.05) is 5.32 Å². The van der Waals surface area contributed by atoms with Crippen molar-refractivity contribution < 1.29 is 4.79 Å². The molecular formula is C10H10BrCl2NO. The smallest absolute Gasteiger partial charge is 0.238 e. The zero-order chi connectivity index (χ0) is 11.4. The Morgan fingerprint density at radius 2 is 2.13 bits per heavy atom. The van der Waals surface area contributed by atoms with Crippen molar-refractivity contribution in [2.24, 2.45) is 0 Å². The number of hydrogen-bond acceptors (Lipinski definition) is 1. The lowest BCUT2D eigenvalue weighted by Crippen LogP contribution is -2.21. The number of carbonyl (C=O) groups excluding carboxylic acids is 1. The highest BCUT2D eigenvalue weighted by Gasteiger charge is 2.12. The third kappa shape index (κ3) is 3.67. The molecule has 1 rings (SSSR count). The van der Waals surface area contributed by atoms with Gasteiger partial charge in [-0.3, -0.25) is 4.79 Å². The van der Waals surface area contributed by atoms with Gasteiger partial charge in [-0.25, -0.2) is 0 Å². The van der Waals surface area contributed by atoms with Gasteiger partial charge in [-0.2, -0.15) is 0 Å². The first-order chi connectivity index (χ1) is 7.04. The zero-order valence-electron chi connectivity index (χ0n) is 8.06. The molecule has 5 heteroatoms. The summed E-state index contributed by atoms with van der Waals surface area (Å²) in [6.45, 7) is 1.92. The normalized spacial score (nSPS) is 12.3. The minimum atomic E-state index is -0.188. The molecule has 0 aliphatic carbocycles. The van der Waals surface area contributed by atoms with Crippen molar-refractivity contribution in [1.82, 2.24) is 0 Å². The van der Waals surface area contributed by atoms with E-state index in [9.17, 15) is 4.79 Å². The second-order valence-electron chi connectivity index (χ2n) is 2.99. The minimum absolute atomic E-state index is 0.0871. The molecule has 0 radical (unpaired) electrons. The molecule has 2 nitrogen and oxygen atoms in total. The highest BCUT2D eigenvalue weighted by Crippen LogP contribution is 2.25. The van der Waals surface area contributed by atoms with Crippen LogP contribution in [-0.2, 0) is 4.79 Å². The van der Waals surface area contributed by atoms with Crippen LogP contribution < -0.4 is 5.32 Å². The van der Waals surface area contributed by atoms with Gasteiger partial charge in [0.25, 0.3) is 0 Å². The second-order valence-corrected chi connectivity index (χ2v) is 4.91. The molecule has 82 valence electrons. The molecule has 1 atom stereocenters. The predicted octanol–water partition coefficient (Wildman–Crippen LogP) is 4.11. The van der Waals surface area contributed by atoms with Crippen molar-refractivity contribution in [1.29, 1.82) is 0 Å². The molecule has 0 spiro atoms. The maximum Gasteiger partial charge on any atom is 0.238 e. The van der Waals surface area contributed by atoms with Crippen LogP contribution in [0.25, 0.3) is 0 Å². The summed E-state index contributed by atoms with van der Waals surface area (Å²) in [7, 11) is 0. The fraction of sp³-hybridized carbons (Fsp3) is 0.300. The molecular weight excluding hydrogens is 301 g/mol. The van der Waals surface area contributed by atoms with Gasteiger partial charge < -0.3 is 5.32 Å². The summed E-state index contributed by atoms with van der Waals surface area (Å²) in [5, 5.41) is 3.63. The molecule has 1 N–H and O–H groups in total. The molecule has 0 saturated heterocycles. The number of nitrogens with one attached hydrogen (secondary N) is 1. The second kappa shape index (κ2) is 5.73.